The zero-order chi connectivity index (χ0) is 17.8. The molecule has 2 aromatic carbocycles. The van der Waals surface area contributed by atoms with E-state index >= 15 is 0 Å². The van der Waals surface area contributed by atoms with Crippen LogP contribution in [0.25, 0.3) is 0 Å². The van der Waals surface area contributed by atoms with Gasteiger partial charge in [-0.05, 0) is 52.9 Å². The Morgan fingerprint density at radius 1 is 1.28 bits per heavy atom. The van der Waals surface area contributed by atoms with Gasteiger partial charge in [-0.25, -0.2) is 0 Å². The van der Waals surface area contributed by atoms with Crippen molar-refractivity contribution in [3.8, 4) is 11.5 Å². The number of rotatable bonds is 5. The molecule has 1 heterocycles. The van der Waals surface area contributed by atoms with Crippen molar-refractivity contribution in [2.24, 2.45) is 5.92 Å². The van der Waals surface area contributed by atoms with Gasteiger partial charge < -0.3 is 9.64 Å². The van der Waals surface area contributed by atoms with Crippen LogP contribution < -0.4 is 9.64 Å². The number of ether oxygens (including phenoxy) is 1. The van der Waals surface area contributed by atoms with Gasteiger partial charge in [0, 0.05) is 19.2 Å². The fraction of sp³-hybridized carbons (Fsp3) is 0.368. The maximum absolute atomic E-state index is 11.6. The second kappa shape index (κ2) is 7.87. The van der Waals surface area contributed by atoms with Gasteiger partial charge in [-0.3, -0.25) is 10.1 Å². The largest absolute Gasteiger partial charge is 0.456 e. The molecule has 0 aromatic heterocycles. The van der Waals surface area contributed by atoms with Crippen LogP contribution in [-0.4, -0.2) is 18.0 Å². The second-order valence-corrected chi connectivity index (χ2v) is 7.07. The molecule has 0 unspecified atom stereocenters. The highest BCUT2D eigenvalue weighted by Gasteiger charge is 2.29. The average molecular weight is 405 g/mol. The Labute approximate surface area is 155 Å². The number of piperidine rings is 1. The third-order valence-electron chi connectivity index (χ3n) is 4.64. The fourth-order valence-corrected chi connectivity index (χ4v) is 3.95. The molecule has 3 rings (SSSR count). The number of anilines is 1. The summed E-state index contributed by atoms with van der Waals surface area (Å²) in [4.78, 5) is 13.4. The molecule has 6 heteroatoms. The zero-order valence-electron chi connectivity index (χ0n) is 14.2. The van der Waals surface area contributed by atoms with Gasteiger partial charge in [0.25, 0.3) is 5.69 Å². The third kappa shape index (κ3) is 3.95. The van der Waals surface area contributed by atoms with E-state index in [1.54, 1.807) is 6.07 Å². The number of hydrogen-bond donors (Lipinski definition) is 0. The van der Waals surface area contributed by atoms with Crippen molar-refractivity contribution in [2.45, 2.75) is 26.2 Å². The van der Waals surface area contributed by atoms with Crippen molar-refractivity contribution in [1.82, 2.24) is 0 Å². The van der Waals surface area contributed by atoms with E-state index < -0.39 is 0 Å². The molecule has 0 spiro atoms. The van der Waals surface area contributed by atoms with E-state index in [0.29, 0.717) is 27.6 Å². The Morgan fingerprint density at radius 2 is 2.04 bits per heavy atom. The monoisotopic (exact) mass is 404 g/mol. The predicted octanol–water partition coefficient (Wildman–Crippen LogP) is 5.78. The van der Waals surface area contributed by atoms with Crippen molar-refractivity contribution in [3.63, 3.8) is 0 Å². The standard InChI is InChI=1S/C19H21BrN2O3/c1-2-14-7-6-12-21(13-14)19-16(22(23)24)10-11-17(18(19)20)25-15-8-4-3-5-9-15/h3-5,8-11,14H,2,6-7,12-13H2,1H3/t14-/m1/s1. The molecular weight excluding hydrogens is 384 g/mol. The molecule has 0 radical (unpaired) electrons. The first kappa shape index (κ1) is 17.7. The van der Waals surface area contributed by atoms with Crippen LogP contribution in [0.2, 0.25) is 0 Å². The Kier molecular flexibility index (Phi) is 5.58. The molecule has 132 valence electrons. The fourth-order valence-electron chi connectivity index (χ4n) is 3.28. The minimum atomic E-state index is -0.318. The van der Waals surface area contributed by atoms with E-state index in [0.717, 1.165) is 25.9 Å². The second-order valence-electron chi connectivity index (χ2n) is 6.28. The summed E-state index contributed by atoms with van der Waals surface area (Å²) in [6.45, 7) is 3.84. The molecule has 0 amide bonds. The normalized spacial score (nSPS) is 17.4. The quantitative estimate of drug-likeness (QED) is 0.468. The van der Waals surface area contributed by atoms with Crippen LogP contribution in [0.4, 0.5) is 11.4 Å². The predicted molar refractivity (Wildman–Crippen MR) is 103 cm³/mol. The Morgan fingerprint density at radius 3 is 2.72 bits per heavy atom. The van der Waals surface area contributed by atoms with Crippen molar-refractivity contribution in [3.05, 3.63) is 57.1 Å². The van der Waals surface area contributed by atoms with Gasteiger partial charge in [0.2, 0.25) is 0 Å². The number of benzene rings is 2. The Bertz CT molecular complexity index is 752. The van der Waals surface area contributed by atoms with Crippen LogP contribution in [0.15, 0.2) is 46.9 Å². The first-order valence-electron chi connectivity index (χ1n) is 8.55. The van der Waals surface area contributed by atoms with Gasteiger partial charge in [-0.2, -0.15) is 0 Å². The lowest BCUT2D eigenvalue weighted by Gasteiger charge is -2.34. The molecule has 0 aliphatic carbocycles. The van der Waals surface area contributed by atoms with Gasteiger partial charge in [0.15, 0.2) is 0 Å². The lowest BCUT2D eigenvalue weighted by atomic mass is 9.95. The Balaban J connectivity index is 1.99. The first-order chi connectivity index (χ1) is 12.1. The van der Waals surface area contributed by atoms with Crippen LogP contribution >= 0.6 is 15.9 Å². The average Bonchev–Trinajstić information content (AvgIpc) is 2.64. The molecular formula is C19H21BrN2O3. The maximum atomic E-state index is 11.6. The van der Waals surface area contributed by atoms with Crippen molar-refractivity contribution >= 4 is 27.3 Å². The molecule has 0 saturated carbocycles. The van der Waals surface area contributed by atoms with Gasteiger partial charge in [0.05, 0.1) is 9.40 Å². The maximum Gasteiger partial charge on any atom is 0.293 e. The number of nitro groups is 1. The molecule has 25 heavy (non-hydrogen) atoms. The van der Waals surface area contributed by atoms with Gasteiger partial charge >= 0.3 is 0 Å². The molecule has 1 atom stereocenters. The number of nitrogens with zero attached hydrogens (tertiary/aromatic N) is 2. The van der Waals surface area contributed by atoms with Crippen LogP contribution in [-0.2, 0) is 0 Å². The summed E-state index contributed by atoms with van der Waals surface area (Å²) in [5.74, 6) is 1.86. The first-order valence-corrected chi connectivity index (χ1v) is 9.34. The molecule has 2 aromatic rings. The lowest BCUT2D eigenvalue weighted by molar-refractivity contribution is -0.384. The highest BCUT2D eigenvalue weighted by Crippen LogP contribution is 2.44. The summed E-state index contributed by atoms with van der Waals surface area (Å²) in [6, 6.07) is 12.6. The molecule has 0 N–H and O–H groups in total. The Hall–Kier alpha value is -2.08. The summed E-state index contributed by atoms with van der Waals surface area (Å²) >= 11 is 3.56. The molecule has 1 saturated heterocycles. The third-order valence-corrected chi connectivity index (χ3v) is 5.41. The van der Waals surface area contributed by atoms with E-state index in [9.17, 15) is 10.1 Å². The summed E-state index contributed by atoms with van der Waals surface area (Å²) in [5.41, 5.74) is 0.737. The van der Waals surface area contributed by atoms with E-state index in [1.807, 2.05) is 30.3 Å². The summed E-state index contributed by atoms with van der Waals surface area (Å²) in [5, 5.41) is 11.6. The zero-order valence-corrected chi connectivity index (χ0v) is 15.7. The minimum Gasteiger partial charge on any atom is -0.456 e. The van der Waals surface area contributed by atoms with E-state index in [1.165, 1.54) is 12.5 Å². The number of halogens is 1. The van der Waals surface area contributed by atoms with Crippen LogP contribution in [0.3, 0.4) is 0 Å². The smallest absolute Gasteiger partial charge is 0.293 e. The van der Waals surface area contributed by atoms with Crippen molar-refractivity contribution in [2.75, 3.05) is 18.0 Å². The van der Waals surface area contributed by atoms with Crippen LogP contribution in [0, 0.1) is 16.0 Å². The lowest BCUT2D eigenvalue weighted by Crippen LogP contribution is -2.35. The molecule has 1 aliphatic rings. The summed E-state index contributed by atoms with van der Waals surface area (Å²) < 4.78 is 6.57. The van der Waals surface area contributed by atoms with E-state index in [-0.39, 0.29) is 10.6 Å². The molecule has 1 fully saturated rings. The highest BCUT2D eigenvalue weighted by atomic mass is 79.9. The highest BCUT2D eigenvalue weighted by molar-refractivity contribution is 9.10. The topological polar surface area (TPSA) is 55.6 Å². The molecule has 1 aliphatic heterocycles. The van der Waals surface area contributed by atoms with Crippen LogP contribution in [0.5, 0.6) is 11.5 Å². The van der Waals surface area contributed by atoms with Gasteiger partial charge in [-0.1, -0.05) is 31.5 Å². The molecule has 5 nitrogen and oxygen atoms in total. The summed E-state index contributed by atoms with van der Waals surface area (Å²) in [7, 11) is 0. The number of hydrogen-bond acceptors (Lipinski definition) is 4. The van der Waals surface area contributed by atoms with E-state index in [2.05, 4.69) is 27.8 Å². The molecule has 0 bridgehead atoms. The van der Waals surface area contributed by atoms with Gasteiger partial charge in [-0.15, -0.1) is 0 Å². The van der Waals surface area contributed by atoms with Crippen LogP contribution in [0.1, 0.15) is 26.2 Å². The summed E-state index contributed by atoms with van der Waals surface area (Å²) in [6.07, 6.45) is 3.31. The minimum absolute atomic E-state index is 0.115. The van der Waals surface area contributed by atoms with Crippen molar-refractivity contribution in [1.29, 1.82) is 0 Å². The number of para-hydroxylation sites is 1. The SMILES string of the molecule is CC[C@@H]1CCCN(c2c([N+](=O)[O-])ccc(Oc3ccccc3)c2Br)C1. The van der Waals surface area contributed by atoms with E-state index in [4.69, 9.17) is 4.74 Å². The van der Waals surface area contributed by atoms with Gasteiger partial charge in [0.1, 0.15) is 17.2 Å². The van der Waals surface area contributed by atoms with Crippen molar-refractivity contribution < 1.29 is 9.66 Å². The number of nitro benzene ring substituents is 1.